The maximum absolute atomic E-state index is 10.5. The molecule has 2 N–H and O–H groups in total. The van der Waals surface area contributed by atoms with Crippen LogP contribution in [0.5, 0.6) is 0 Å². The van der Waals surface area contributed by atoms with Gasteiger partial charge in [-0.1, -0.05) is 23.7 Å². The quantitative estimate of drug-likeness (QED) is 0.768. The van der Waals surface area contributed by atoms with E-state index in [9.17, 15) is 5.11 Å². The van der Waals surface area contributed by atoms with Crippen molar-refractivity contribution in [2.75, 3.05) is 13.1 Å². The molecule has 1 aliphatic heterocycles. The summed E-state index contributed by atoms with van der Waals surface area (Å²) in [5.74, 6) is 0. The minimum atomic E-state index is -0.694. The predicted octanol–water partition coefficient (Wildman–Crippen LogP) is 2.22. The Hall–Kier alpha value is -0.570. The van der Waals surface area contributed by atoms with Crippen LogP contribution in [0, 0.1) is 6.92 Å². The summed E-state index contributed by atoms with van der Waals surface area (Å²) in [6, 6.07) is 5.75. The first-order valence-electron chi connectivity index (χ1n) is 5.32. The van der Waals surface area contributed by atoms with Gasteiger partial charge in [0.15, 0.2) is 0 Å². The molecular formula is C12H16ClNO. The van der Waals surface area contributed by atoms with E-state index in [2.05, 4.69) is 5.32 Å². The fraction of sp³-hybridized carbons (Fsp3) is 0.500. The third-order valence-electron chi connectivity index (χ3n) is 3.20. The average molecular weight is 226 g/mol. The van der Waals surface area contributed by atoms with Gasteiger partial charge in [-0.05, 0) is 50.0 Å². The molecule has 1 saturated heterocycles. The summed E-state index contributed by atoms with van der Waals surface area (Å²) in [4.78, 5) is 0. The van der Waals surface area contributed by atoms with Gasteiger partial charge in [0.1, 0.15) is 0 Å². The molecule has 0 amide bonds. The van der Waals surface area contributed by atoms with E-state index in [4.69, 9.17) is 11.6 Å². The fourth-order valence-electron chi connectivity index (χ4n) is 2.22. The molecule has 82 valence electrons. The summed E-state index contributed by atoms with van der Waals surface area (Å²) < 4.78 is 0. The molecule has 0 radical (unpaired) electrons. The first-order chi connectivity index (χ1) is 7.13. The van der Waals surface area contributed by atoms with E-state index >= 15 is 0 Å². The predicted molar refractivity (Wildman–Crippen MR) is 62.2 cm³/mol. The molecule has 3 heteroatoms. The van der Waals surface area contributed by atoms with Gasteiger partial charge in [0.05, 0.1) is 5.60 Å². The highest BCUT2D eigenvalue weighted by Gasteiger charge is 2.32. The molecule has 1 aromatic carbocycles. The normalized spacial score (nSPS) is 20.2. The molecule has 0 saturated carbocycles. The Kier molecular flexibility index (Phi) is 3.01. The molecular weight excluding hydrogens is 210 g/mol. The van der Waals surface area contributed by atoms with Crippen LogP contribution in [0.2, 0.25) is 5.02 Å². The van der Waals surface area contributed by atoms with Gasteiger partial charge >= 0.3 is 0 Å². The molecule has 15 heavy (non-hydrogen) atoms. The van der Waals surface area contributed by atoms with Crippen molar-refractivity contribution in [1.82, 2.24) is 5.32 Å². The van der Waals surface area contributed by atoms with E-state index in [-0.39, 0.29) is 0 Å². The molecule has 1 aliphatic rings. The highest BCUT2D eigenvalue weighted by atomic mass is 35.5. The zero-order chi connectivity index (χ0) is 10.9. The number of hydrogen-bond donors (Lipinski definition) is 2. The van der Waals surface area contributed by atoms with Crippen molar-refractivity contribution < 1.29 is 5.11 Å². The van der Waals surface area contributed by atoms with Crippen LogP contribution in [0.4, 0.5) is 0 Å². The first-order valence-corrected chi connectivity index (χ1v) is 5.70. The highest BCUT2D eigenvalue weighted by molar-refractivity contribution is 6.31. The molecule has 0 unspecified atom stereocenters. The summed E-state index contributed by atoms with van der Waals surface area (Å²) in [7, 11) is 0. The number of halogens is 1. The van der Waals surface area contributed by atoms with Gasteiger partial charge in [-0.25, -0.2) is 0 Å². The largest absolute Gasteiger partial charge is 0.385 e. The van der Waals surface area contributed by atoms with Crippen molar-refractivity contribution in [1.29, 1.82) is 0 Å². The number of benzene rings is 1. The van der Waals surface area contributed by atoms with Crippen molar-refractivity contribution in [2.45, 2.75) is 25.4 Å². The summed E-state index contributed by atoms with van der Waals surface area (Å²) in [5, 5.41) is 14.5. The van der Waals surface area contributed by atoms with Gasteiger partial charge in [-0.3, -0.25) is 0 Å². The van der Waals surface area contributed by atoms with Gasteiger partial charge in [-0.2, -0.15) is 0 Å². The lowest BCUT2D eigenvalue weighted by molar-refractivity contribution is 0.00539. The highest BCUT2D eigenvalue weighted by Crippen LogP contribution is 2.34. The Morgan fingerprint density at radius 3 is 2.67 bits per heavy atom. The van der Waals surface area contributed by atoms with Crippen molar-refractivity contribution in [3.05, 3.63) is 34.3 Å². The number of nitrogens with one attached hydrogen (secondary N) is 1. The van der Waals surface area contributed by atoms with Gasteiger partial charge in [0, 0.05) is 5.02 Å². The maximum atomic E-state index is 10.5. The smallest absolute Gasteiger partial charge is 0.0923 e. The van der Waals surface area contributed by atoms with Crippen LogP contribution < -0.4 is 5.32 Å². The van der Waals surface area contributed by atoms with E-state index in [0.29, 0.717) is 0 Å². The van der Waals surface area contributed by atoms with Crippen LogP contribution in [0.25, 0.3) is 0 Å². The maximum Gasteiger partial charge on any atom is 0.0923 e. The number of rotatable bonds is 1. The molecule has 2 rings (SSSR count). The van der Waals surface area contributed by atoms with E-state index in [1.165, 1.54) is 0 Å². The van der Waals surface area contributed by atoms with E-state index in [1.54, 1.807) is 0 Å². The fourth-order valence-corrected chi connectivity index (χ4v) is 2.40. The molecule has 0 spiro atoms. The lowest BCUT2D eigenvalue weighted by Crippen LogP contribution is -2.40. The van der Waals surface area contributed by atoms with E-state index < -0.39 is 5.60 Å². The zero-order valence-corrected chi connectivity index (χ0v) is 9.64. The number of hydrogen-bond acceptors (Lipinski definition) is 2. The van der Waals surface area contributed by atoms with E-state index in [1.807, 2.05) is 25.1 Å². The molecule has 2 nitrogen and oxygen atoms in total. The van der Waals surface area contributed by atoms with Crippen LogP contribution >= 0.6 is 11.6 Å². The minimum Gasteiger partial charge on any atom is -0.385 e. The topological polar surface area (TPSA) is 32.3 Å². The van der Waals surface area contributed by atoms with Crippen molar-refractivity contribution in [3.63, 3.8) is 0 Å². The van der Waals surface area contributed by atoms with Crippen molar-refractivity contribution in [2.24, 2.45) is 0 Å². The third-order valence-corrected chi connectivity index (χ3v) is 3.61. The van der Waals surface area contributed by atoms with Crippen LogP contribution in [-0.4, -0.2) is 18.2 Å². The summed E-state index contributed by atoms with van der Waals surface area (Å²) in [6.07, 6.45) is 1.52. The third kappa shape index (κ3) is 2.03. The van der Waals surface area contributed by atoms with Gasteiger partial charge in [0.2, 0.25) is 0 Å². The van der Waals surface area contributed by atoms with Gasteiger partial charge in [-0.15, -0.1) is 0 Å². The summed E-state index contributed by atoms with van der Waals surface area (Å²) >= 11 is 6.07. The molecule has 0 atom stereocenters. The van der Waals surface area contributed by atoms with Crippen LogP contribution in [-0.2, 0) is 5.60 Å². The Balaban J connectivity index is 2.39. The Morgan fingerprint density at radius 1 is 1.33 bits per heavy atom. The van der Waals surface area contributed by atoms with Crippen LogP contribution in [0.1, 0.15) is 24.0 Å². The molecule has 0 aromatic heterocycles. The number of piperidine rings is 1. The SMILES string of the molecule is Cc1c(Cl)cccc1C1(O)CCNCC1. The molecule has 1 aromatic rings. The molecule has 1 fully saturated rings. The van der Waals surface area contributed by atoms with E-state index in [0.717, 1.165) is 42.1 Å². The van der Waals surface area contributed by atoms with Crippen molar-refractivity contribution >= 4 is 11.6 Å². The Morgan fingerprint density at radius 2 is 2.00 bits per heavy atom. The Labute approximate surface area is 95.3 Å². The second-order valence-corrected chi connectivity index (χ2v) is 4.60. The molecule has 0 aliphatic carbocycles. The average Bonchev–Trinajstić information content (AvgIpc) is 2.23. The minimum absolute atomic E-state index is 0.694. The second-order valence-electron chi connectivity index (χ2n) is 4.19. The summed E-state index contributed by atoms with van der Waals surface area (Å²) in [6.45, 7) is 3.70. The monoisotopic (exact) mass is 225 g/mol. The van der Waals surface area contributed by atoms with Crippen LogP contribution in [0.15, 0.2) is 18.2 Å². The Bertz CT molecular complexity index is 359. The van der Waals surface area contributed by atoms with Crippen LogP contribution in [0.3, 0.4) is 0 Å². The van der Waals surface area contributed by atoms with Gasteiger partial charge in [0.25, 0.3) is 0 Å². The lowest BCUT2D eigenvalue weighted by Gasteiger charge is -2.34. The number of aliphatic hydroxyl groups is 1. The lowest BCUT2D eigenvalue weighted by atomic mass is 9.83. The standard InChI is InChI=1S/C12H16ClNO/c1-9-10(3-2-4-11(9)13)12(15)5-7-14-8-6-12/h2-4,14-15H,5-8H2,1H3. The zero-order valence-electron chi connectivity index (χ0n) is 8.89. The molecule has 0 bridgehead atoms. The first kappa shape index (κ1) is 10.9. The van der Waals surface area contributed by atoms with Crippen molar-refractivity contribution in [3.8, 4) is 0 Å². The molecule has 1 heterocycles. The van der Waals surface area contributed by atoms with Gasteiger partial charge < -0.3 is 10.4 Å². The second kappa shape index (κ2) is 4.12. The summed E-state index contributed by atoms with van der Waals surface area (Å²) in [5.41, 5.74) is 1.29.